The highest BCUT2D eigenvalue weighted by Crippen LogP contribution is 2.15. The fourth-order valence-corrected chi connectivity index (χ4v) is 1.83. The van der Waals surface area contributed by atoms with E-state index >= 15 is 0 Å². The molecule has 0 bridgehead atoms. The van der Waals surface area contributed by atoms with Gasteiger partial charge in [0.15, 0.2) is 0 Å². The third-order valence-electron chi connectivity index (χ3n) is 2.89. The van der Waals surface area contributed by atoms with Crippen LogP contribution in [0, 0.1) is 5.92 Å². The summed E-state index contributed by atoms with van der Waals surface area (Å²) >= 11 is 0. The third kappa shape index (κ3) is 3.63. The molecule has 0 aliphatic carbocycles. The van der Waals surface area contributed by atoms with Crippen LogP contribution in [-0.2, 0) is 0 Å². The van der Waals surface area contributed by atoms with Crippen LogP contribution in [0.25, 0.3) is 0 Å². The molecule has 1 rings (SSSR count). The predicted molar refractivity (Wildman–Crippen MR) is 64.7 cm³/mol. The number of nitrogens with one attached hydrogen (secondary N) is 1. The van der Waals surface area contributed by atoms with Gasteiger partial charge in [-0.15, -0.1) is 0 Å². The summed E-state index contributed by atoms with van der Waals surface area (Å²) in [6, 6.07) is 5.08. The molecule has 0 radical (unpaired) electrons. The smallest absolute Gasteiger partial charge is 0.0315 e. The van der Waals surface area contributed by atoms with E-state index in [1.54, 1.807) is 0 Å². The Labute approximate surface area is 93.1 Å². The Bertz CT molecular complexity index is 269. The van der Waals surface area contributed by atoms with E-state index in [0.717, 1.165) is 0 Å². The molecule has 1 unspecified atom stereocenters. The maximum atomic E-state index is 4.14. The van der Waals surface area contributed by atoms with Crippen molar-refractivity contribution in [3.8, 4) is 0 Å². The Kier molecular flexibility index (Phi) is 4.76. The van der Waals surface area contributed by atoms with Gasteiger partial charge in [0.2, 0.25) is 0 Å². The van der Waals surface area contributed by atoms with Crippen molar-refractivity contribution in [2.24, 2.45) is 5.92 Å². The fraction of sp³-hybridized carbons (Fsp3) is 0.615. The van der Waals surface area contributed by atoms with Crippen LogP contribution < -0.4 is 5.32 Å². The van der Waals surface area contributed by atoms with Crippen LogP contribution in [-0.4, -0.2) is 11.0 Å². The molecule has 1 heterocycles. The first-order valence-electron chi connectivity index (χ1n) is 5.81. The van der Waals surface area contributed by atoms with Gasteiger partial charge in [-0.05, 0) is 30.9 Å². The van der Waals surface area contributed by atoms with Crippen LogP contribution in [0.4, 0.5) is 0 Å². The Morgan fingerprint density at radius 1 is 1.33 bits per heavy atom. The zero-order valence-electron chi connectivity index (χ0n) is 10.2. The first kappa shape index (κ1) is 12.2. The van der Waals surface area contributed by atoms with E-state index < -0.39 is 0 Å². The van der Waals surface area contributed by atoms with Gasteiger partial charge in [-0.2, -0.15) is 0 Å². The average Bonchev–Trinajstić information content (AvgIpc) is 2.26. The molecule has 1 N–H and O–H groups in total. The molecule has 0 spiro atoms. The van der Waals surface area contributed by atoms with Crippen molar-refractivity contribution in [3.63, 3.8) is 0 Å². The minimum atomic E-state index is 0.381. The van der Waals surface area contributed by atoms with Crippen molar-refractivity contribution in [1.29, 1.82) is 0 Å². The largest absolute Gasteiger partial charge is 0.307 e. The van der Waals surface area contributed by atoms with E-state index in [2.05, 4.69) is 44.1 Å². The lowest BCUT2D eigenvalue weighted by molar-refractivity contribution is 0.355. The first-order chi connectivity index (χ1) is 7.15. The van der Waals surface area contributed by atoms with E-state index in [0.29, 0.717) is 18.0 Å². The quantitative estimate of drug-likeness (QED) is 0.800. The Hall–Kier alpha value is -0.890. The molecule has 1 aromatic rings. The minimum absolute atomic E-state index is 0.381. The standard InChI is InChI=1S/C13H22N2/c1-5-13(10(2)3)15-11(4)12-7-6-8-14-9-12/h6-11,13,15H,5H2,1-4H3/t11-,13?/m0/s1. The average molecular weight is 206 g/mol. The summed E-state index contributed by atoms with van der Waals surface area (Å²) in [7, 11) is 0. The summed E-state index contributed by atoms with van der Waals surface area (Å²) in [5.41, 5.74) is 1.26. The van der Waals surface area contributed by atoms with Crippen LogP contribution in [0.2, 0.25) is 0 Å². The highest BCUT2D eigenvalue weighted by atomic mass is 14.9. The van der Waals surface area contributed by atoms with Crippen molar-refractivity contribution in [1.82, 2.24) is 10.3 Å². The van der Waals surface area contributed by atoms with Crippen LogP contribution in [0.3, 0.4) is 0 Å². The van der Waals surface area contributed by atoms with E-state index in [9.17, 15) is 0 Å². The molecule has 0 saturated carbocycles. The lowest BCUT2D eigenvalue weighted by Gasteiger charge is -2.25. The van der Waals surface area contributed by atoms with Gasteiger partial charge in [-0.1, -0.05) is 26.8 Å². The number of pyridine rings is 1. The van der Waals surface area contributed by atoms with Gasteiger partial charge in [0.05, 0.1) is 0 Å². The molecule has 84 valence electrons. The maximum Gasteiger partial charge on any atom is 0.0315 e. The molecule has 0 aliphatic rings. The normalized spacial score (nSPS) is 15.3. The Balaban J connectivity index is 2.58. The monoisotopic (exact) mass is 206 g/mol. The van der Waals surface area contributed by atoms with E-state index in [-0.39, 0.29) is 0 Å². The van der Waals surface area contributed by atoms with E-state index in [1.807, 2.05) is 18.5 Å². The van der Waals surface area contributed by atoms with Crippen molar-refractivity contribution in [2.75, 3.05) is 0 Å². The van der Waals surface area contributed by atoms with Crippen molar-refractivity contribution in [2.45, 2.75) is 46.2 Å². The molecule has 2 heteroatoms. The Morgan fingerprint density at radius 3 is 2.53 bits per heavy atom. The van der Waals surface area contributed by atoms with Gasteiger partial charge in [0, 0.05) is 24.5 Å². The van der Waals surface area contributed by atoms with Gasteiger partial charge >= 0.3 is 0 Å². The number of hydrogen-bond acceptors (Lipinski definition) is 2. The first-order valence-corrected chi connectivity index (χ1v) is 5.81. The topological polar surface area (TPSA) is 24.9 Å². The van der Waals surface area contributed by atoms with Gasteiger partial charge in [-0.3, -0.25) is 4.98 Å². The molecule has 2 atom stereocenters. The van der Waals surface area contributed by atoms with Crippen LogP contribution in [0.1, 0.15) is 45.7 Å². The Morgan fingerprint density at radius 2 is 2.07 bits per heavy atom. The van der Waals surface area contributed by atoms with Gasteiger partial charge in [0.1, 0.15) is 0 Å². The SMILES string of the molecule is CCC(N[C@@H](C)c1cccnc1)C(C)C. The number of nitrogens with zero attached hydrogens (tertiary/aromatic N) is 1. The van der Waals surface area contributed by atoms with E-state index in [4.69, 9.17) is 0 Å². The van der Waals surface area contributed by atoms with Crippen molar-refractivity contribution in [3.05, 3.63) is 30.1 Å². The molecule has 0 amide bonds. The van der Waals surface area contributed by atoms with Crippen molar-refractivity contribution < 1.29 is 0 Å². The second kappa shape index (κ2) is 5.86. The molecular formula is C13H22N2. The second-order valence-electron chi connectivity index (χ2n) is 4.43. The maximum absolute atomic E-state index is 4.14. The molecular weight excluding hydrogens is 184 g/mol. The van der Waals surface area contributed by atoms with Crippen LogP contribution >= 0.6 is 0 Å². The zero-order valence-corrected chi connectivity index (χ0v) is 10.2. The highest BCUT2D eigenvalue weighted by molar-refractivity contribution is 5.12. The molecule has 0 saturated heterocycles. The summed E-state index contributed by atoms with van der Waals surface area (Å²) in [5.74, 6) is 0.675. The molecule has 0 aromatic carbocycles. The highest BCUT2D eigenvalue weighted by Gasteiger charge is 2.14. The summed E-state index contributed by atoms with van der Waals surface area (Å²) in [6.45, 7) is 8.95. The third-order valence-corrected chi connectivity index (χ3v) is 2.89. The van der Waals surface area contributed by atoms with Crippen LogP contribution in [0.15, 0.2) is 24.5 Å². The predicted octanol–water partition coefficient (Wildman–Crippen LogP) is 3.17. The molecule has 0 aliphatic heterocycles. The fourth-order valence-electron chi connectivity index (χ4n) is 1.83. The zero-order chi connectivity index (χ0) is 11.3. The van der Waals surface area contributed by atoms with Gasteiger partial charge < -0.3 is 5.32 Å². The number of hydrogen-bond donors (Lipinski definition) is 1. The van der Waals surface area contributed by atoms with E-state index in [1.165, 1.54) is 12.0 Å². The van der Waals surface area contributed by atoms with Crippen LogP contribution in [0.5, 0.6) is 0 Å². The molecule has 0 fully saturated rings. The number of rotatable bonds is 5. The molecule has 15 heavy (non-hydrogen) atoms. The summed E-state index contributed by atoms with van der Waals surface area (Å²) < 4.78 is 0. The summed E-state index contributed by atoms with van der Waals surface area (Å²) in [5, 5.41) is 3.64. The molecule has 1 aromatic heterocycles. The number of aromatic nitrogens is 1. The lowest BCUT2D eigenvalue weighted by Crippen LogP contribution is -2.35. The van der Waals surface area contributed by atoms with Gasteiger partial charge in [0.25, 0.3) is 0 Å². The molecule has 2 nitrogen and oxygen atoms in total. The second-order valence-corrected chi connectivity index (χ2v) is 4.43. The summed E-state index contributed by atoms with van der Waals surface area (Å²) in [6.07, 6.45) is 4.92. The minimum Gasteiger partial charge on any atom is -0.307 e. The van der Waals surface area contributed by atoms with Crippen molar-refractivity contribution >= 4 is 0 Å². The van der Waals surface area contributed by atoms with Gasteiger partial charge in [-0.25, -0.2) is 0 Å². The lowest BCUT2D eigenvalue weighted by atomic mass is 9.99. The summed E-state index contributed by atoms with van der Waals surface area (Å²) in [4.78, 5) is 4.14.